The van der Waals surface area contributed by atoms with Crippen molar-refractivity contribution in [2.75, 3.05) is 6.54 Å². The maximum Gasteiger partial charge on any atom is 0.260 e. The van der Waals surface area contributed by atoms with Gasteiger partial charge in [-0.2, -0.15) is 0 Å². The van der Waals surface area contributed by atoms with Crippen molar-refractivity contribution in [1.29, 1.82) is 0 Å². The van der Waals surface area contributed by atoms with Crippen LogP contribution in [0.3, 0.4) is 0 Å². The molecule has 1 aromatic heterocycles. The van der Waals surface area contributed by atoms with Gasteiger partial charge in [-0.3, -0.25) is 4.79 Å². The number of aromatic nitrogens is 2. The van der Waals surface area contributed by atoms with Crippen molar-refractivity contribution < 1.29 is 9.53 Å². The topological polar surface area (TPSA) is 56.1 Å². The standard InChI is InChI=1S/C22H25N3O2/c1-17-7-6-10-20(15-17)27-18(2)22(26)24-12-11-21-23-13-14-25(21)16-19-8-4-3-5-9-19/h3-10,13-15,18H,11-12,16H2,1-2H3,(H,24,26). The first-order valence-corrected chi connectivity index (χ1v) is 9.17. The Balaban J connectivity index is 1.48. The minimum absolute atomic E-state index is 0.127. The summed E-state index contributed by atoms with van der Waals surface area (Å²) in [6, 6.07) is 17.9. The van der Waals surface area contributed by atoms with E-state index in [0.29, 0.717) is 18.7 Å². The number of benzene rings is 2. The van der Waals surface area contributed by atoms with E-state index in [-0.39, 0.29) is 5.91 Å². The molecule has 1 unspecified atom stereocenters. The molecule has 1 amide bonds. The van der Waals surface area contributed by atoms with E-state index in [1.807, 2.05) is 55.6 Å². The van der Waals surface area contributed by atoms with E-state index in [0.717, 1.165) is 17.9 Å². The van der Waals surface area contributed by atoms with Crippen molar-refractivity contribution >= 4 is 5.91 Å². The fourth-order valence-corrected chi connectivity index (χ4v) is 2.88. The highest BCUT2D eigenvalue weighted by molar-refractivity contribution is 5.80. The third kappa shape index (κ3) is 5.45. The fourth-order valence-electron chi connectivity index (χ4n) is 2.88. The van der Waals surface area contributed by atoms with Crippen molar-refractivity contribution in [3.63, 3.8) is 0 Å². The Labute approximate surface area is 160 Å². The van der Waals surface area contributed by atoms with Gasteiger partial charge < -0.3 is 14.6 Å². The van der Waals surface area contributed by atoms with Crippen LogP contribution in [0.5, 0.6) is 5.75 Å². The summed E-state index contributed by atoms with van der Waals surface area (Å²) in [5, 5.41) is 2.93. The van der Waals surface area contributed by atoms with Gasteiger partial charge in [0.25, 0.3) is 5.91 Å². The summed E-state index contributed by atoms with van der Waals surface area (Å²) < 4.78 is 7.82. The van der Waals surface area contributed by atoms with E-state index in [9.17, 15) is 4.79 Å². The maximum atomic E-state index is 12.3. The van der Waals surface area contributed by atoms with E-state index < -0.39 is 6.10 Å². The summed E-state index contributed by atoms with van der Waals surface area (Å²) in [5.74, 6) is 1.53. The predicted octanol–water partition coefficient (Wildman–Crippen LogP) is 3.37. The van der Waals surface area contributed by atoms with Crippen LogP contribution in [0.2, 0.25) is 0 Å². The molecule has 1 atom stereocenters. The molecule has 3 aromatic rings. The normalized spacial score (nSPS) is 11.8. The third-order valence-electron chi connectivity index (χ3n) is 4.32. The Kier molecular flexibility index (Phi) is 6.26. The van der Waals surface area contributed by atoms with Crippen LogP contribution >= 0.6 is 0 Å². The van der Waals surface area contributed by atoms with Gasteiger partial charge in [0.1, 0.15) is 11.6 Å². The lowest BCUT2D eigenvalue weighted by atomic mass is 10.2. The summed E-state index contributed by atoms with van der Waals surface area (Å²) in [7, 11) is 0. The van der Waals surface area contributed by atoms with Crippen LogP contribution < -0.4 is 10.1 Å². The SMILES string of the molecule is Cc1cccc(OC(C)C(=O)NCCc2nccn2Cc2ccccc2)c1. The average molecular weight is 363 g/mol. The zero-order chi connectivity index (χ0) is 19.1. The minimum Gasteiger partial charge on any atom is -0.481 e. The van der Waals surface area contributed by atoms with Crippen molar-refractivity contribution in [2.45, 2.75) is 32.9 Å². The first-order valence-electron chi connectivity index (χ1n) is 9.17. The van der Waals surface area contributed by atoms with Crippen LogP contribution in [-0.4, -0.2) is 28.1 Å². The maximum absolute atomic E-state index is 12.3. The van der Waals surface area contributed by atoms with E-state index >= 15 is 0 Å². The lowest BCUT2D eigenvalue weighted by molar-refractivity contribution is -0.127. The fraction of sp³-hybridized carbons (Fsp3) is 0.273. The number of ether oxygens (including phenoxy) is 1. The molecular weight excluding hydrogens is 338 g/mol. The summed E-state index contributed by atoms with van der Waals surface area (Å²) in [4.78, 5) is 16.7. The second-order valence-corrected chi connectivity index (χ2v) is 6.57. The van der Waals surface area contributed by atoms with Gasteiger partial charge >= 0.3 is 0 Å². The molecule has 0 aliphatic heterocycles. The Hall–Kier alpha value is -3.08. The quantitative estimate of drug-likeness (QED) is 0.668. The lowest BCUT2D eigenvalue weighted by Crippen LogP contribution is -2.37. The largest absolute Gasteiger partial charge is 0.481 e. The van der Waals surface area contributed by atoms with Gasteiger partial charge in [0.15, 0.2) is 6.10 Å². The number of carbonyl (C=O) groups excluding carboxylic acids is 1. The zero-order valence-electron chi connectivity index (χ0n) is 15.8. The molecule has 0 aliphatic rings. The number of hydrogen-bond acceptors (Lipinski definition) is 3. The monoisotopic (exact) mass is 363 g/mol. The Morgan fingerprint density at radius 1 is 1.19 bits per heavy atom. The molecule has 1 heterocycles. The van der Waals surface area contributed by atoms with Gasteiger partial charge in [0, 0.05) is 31.9 Å². The number of aryl methyl sites for hydroxylation is 1. The highest BCUT2D eigenvalue weighted by Gasteiger charge is 2.14. The van der Waals surface area contributed by atoms with Crippen LogP contribution in [0.25, 0.3) is 0 Å². The smallest absolute Gasteiger partial charge is 0.260 e. The molecule has 27 heavy (non-hydrogen) atoms. The molecule has 0 saturated heterocycles. The first-order chi connectivity index (χ1) is 13.1. The number of imidazole rings is 1. The molecule has 0 bridgehead atoms. The van der Waals surface area contributed by atoms with E-state index in [4.69, 9.17) is 4.74 Å². The molecule has 1 N–H and O–H groups in total. The van der Waals surface area contributed by atoms with E-state index in [2.05, 4.69) is 27.0 Å². The second kappa shape index (κ2) is 9.03. The number of nitrogens with one attached hydrogen (secondary N) is 1. The Bertz CT molecular complexity index is 874. The highest BCUT2D eigenvalue weighted by Crippen LogP contribution is 2.14. The molecule has 0 radical (unpaired) electrons. The number of nitrogens with zero attached hydrogens (tertiary/aromatic N) is 2. The summed E-state index contributed by atoms with van der Waals surface area (Å²) >= 11 is 0. The van der Waals surface area contributed by atoms with Crippen molar-refractivity contribution in [2.24, 2.45) is 0 Å². The van der Waals surface area contributed by atoms with Crippen LogP contribution in [0, 0.1) is 6.92 Å². The lowest BCUT2D eigenvalue weighted by Gasteiger charge is -2.15. The molecule has 140 valence electrons. The Morgan fingerprint density at radius 3 is 2.78 bits per heavy atom. The van der Waals surface area contributed by atoms with Crippen molar-refractivity contribution in [3.05, 3.63) is 83.9 Å². The molecule has 2 aromatic carbocycles. The van der Waals surface area contributed by atoms with Crippen molar-refractivity contribution in [3.8, 4) is 5.75 Å². The number of amides is 1. The highest BCUT2D eigenvalue weighted by atomic mass is 16.5. The van der Waals surface area contributed by atoms with E-state index in [1.165, 1.54) is 5.56 Å². The minimum atomic E-state index is -0.545. The number of rotatable bonds is 8. The summed E-state index contributed by atoms with van der Waals surface area (Å²) in [6.07, 6.45) is 3.88. The summed E-state index contributed by atoms with van der Waals surface area (Å²) in [6.45, 7) is 5.05. The van der Waals surface area contributed by atoms with Crippen molar-refractivity contribution in [1.82, 2.24) is 14.9 Å². The van der Waals surface area contributed by atoms with Gasteiger partial charge in [-0.15, -0.1) is 0 Å². The number of carbonyl (C=O) groups is 1. The molecule has 3 rings (SSSR count). The van der Waals surface area contributed by atoms with Crippen LogP contribution in [0.15, 0.2) is 67.0 Å². The molecule has 0 aliphatic carbocycles. The molecule has 0 fully saturated rings. The van der Waals surface area contributed by atoms with Crippen LogP contribution in [-0.2, 0) is 17.8 Å². The zero-order valence-corrected chi connectivity index (χ0v) is 15.8. The van der Waals surface area contributed by atoms with Crippen LogP contribution in [0.4, 0.5) is 0 Å². The molecule has 5 nitrogen and oxygen atoms in total. The predicted molar refractivity (Wildman–Crippen MR) is 106 cm³/mol. The van der Waals surface area contributed by atoms with Gasteiger partial charge in [-0.1, -0.05) is 42.5 Å². The third-order valence-corrected chi connectivity index (χ3v) is 4.32. The van der Waals surface area contributed by atoms with Crippen LogP contribution in [0.1, 0.15) is 23.9 Å². The first kappa shape index (κ1) is 18.7. The van der Waals surface area contributed by atoms with E-state index in [1.54, 1.807) is 13.1 Å². The van der Waals surface area contributed by atoms with Gasteiger partial charge in [0.05, 0.1) is 0 Å². The number of hydrogen-bond donors (Lipinski definition) is 1. The van der Waals surface area contributed by atoms with Gasteiger partial charge in [0.2, 0.25) is 0 Å². The molecular formula is C22H25N3O2. The van der Waals surface area contributed by atoms with Gasteiger partial charge in [-0.05, 0) is 37.1 Å². The average Bonchev–Trinajstić information content (AvgIpc) is 3.09. The summed E-state index contributed by atoms with van der Waals surface area (Å²) in [5.41, 5.74) is 2.33. The molecule has 0 saturated carbocycles. The molecule has 0 spiro atoms. The second-order valence-electron chi connectivity index (χ2n) is 6.57. The van der Waals surface area contributed by atoms with Gasteiger partial charge in [-0.25, -0.2) is 4.98 Å². The molecule has 5 heteroatoms. The Morgan fingerprint density at radius 2 is 2.00 bits per heavy atom.